The van der Waals surface area contributed by atoms with Crippen molar-refractivity contribution in [1.29, 1.82) is 0 Å². The summed E-state index contributed by atoms with van der Waals surface area (Å²) in [6.07, 6.45) is -0.489. The Hall–Kier alpha value is -1.49. The number of hydrogen-bond acceptors (Lipinski definition) is 3. The third-order valence-electron chi connectivity index (χ3n) is 3.21. The van der Waals surface area contributed by atoms with Crippen LogP contribution in [0, 0.1) is 0 Å². The lowest BCUT2D eigenvalue weighted by Gasteiger charge is -2.10. The lowest BCUT2D eigenvalue weighted by atomic mass is 10.1. The Morgan fingerprint density at radius 1 is 1.14 bits per heavy atom. The predicted octanol–water partition coefficient (Wildman–Crippen LogP) is 4.18. The predicted molar refractivity (Wildman–Crippen MR) is 88.7 cm³/mol. The molecule has 108 valence electrons. The molecule has 1 atom stereocenters. The van der Waals surface area contributed by atoms with E-state index in [0.29, 0.717) is 10.8 Å². The fourth-order valence-corrected chi connectivity index (χ4v) is 3.11. The normalized spacial score (nSPS) is 12.7. The number of para-hydroxylation sites is 2. The molecule has 2 aromatic carbocycles. The maximum atomic E-state index is 10.1. The van der Waals surface area contributed by atoms with Crippen LogP contribution in [-0.4, -0.2) is 20.8 Å². The van der Waals surface area contributed by atoms with Crippen molar-refractivity contribution in [3.8, 4) is 0 Å². The molecule has 0 aliphatic rings. The maximum absolute atomic E-state index is 10.1. The molecular formula is C16H15ClN2OS. The Balaban J connectivity index is 1.56. The second kappa shape index (κ2) is 6.52. The van der Waals surface area contributed by atoms with Crippen molar-refractivity contribution < 1.29 is 5.11 Å². The highest BCUT2D eigenvalue weighted by Gasteiger charge is 2.08. The molecule has 1 heterocycles. The van der Waals surface area contributed by atoms with E-state index in [-0.39, 0.29) is 0 Å². The van der Waals surface area contributed by atoms with Gasteiger partial charge in [-0.05, 0) is 29.8 Å². The second-order valence-electron chi connectivity index (χ2n) is 4.78. The summed E-state index contributed by atoms with van der Waals surface area (Å²) in [7, 11) is 0. The van der Waals surface area contributed by atoms with E-state index in [1.54, 1.807) is 23.9 Å². The summed E-state index contributed by atoms with van der Waals surface area (Å²) in [5, 5.41) is 10.8. The zero-order chi connectivity index (χ0) is 14.7. The van der Waals surface area contributed by atoms with E-state index in [9.17, 15) is 5.11 Å². The lowest BCUT2D eigenvalue weighted by molar-refractivity contribution is 0.204. The molecule has 3 nitrogen and oxygen atoms in total. The number of imidazole rings is 1. The van der Waals surface area contributed by atoms with Crippen LogP contribution in [0.3, 0.4) is 0 Å². The molecule has 21 heavy (non-hydrogen) atoms. The summed E-state index contributed by atoms with van der Waals surface area (Å²) in [6.45, 7) is 0. The molecule has 3 aromatic rings. The summed E-state index contributed by atoms with van der Waals surface area (Å²) in [5.41, 5.74) is 2.91. The quantitative estimate of drug-likeness (QED) is 0.742. The standard InChI is InChI=1S/C16H15ClN2OS/c17-12-7-5-11(6-8-12)15(20)9-21-10-16-18-13-3-1-2-4-14(13)19-16/h1-8,15,20H,9-10H2,(H,18,19). The van der Waals surface area contributed by atoms with E-state index in [0.717, 1.165) is 28.2 Å². The van der Waals surface area contributed by atoms with Crippen LogP contribution in [0.2, 0.25) is 5.02 Å². The van der Waals surface area contributed by atoms with Gasteiger partial charge in [0.15, 0.2) is 0 Å². The van der Waals surface area contributed by atoms with Gasteiger partial charge in [0, 0.05) is 10.8 Å². The van der Waals surface area contributed by atoms with E-state index in [1.165, 1.54) is 0 Å². The highest BCUT2D eigenvalue weighted by molar-refractivity contribution is 7.98. The Morgan fingerprint density at radius 2 is 1.90 bits per heavy atom. The number of hydrogen-bond donors (Lipinski definition) is 2. The van der Waals surface area contributed by atoms with Gasteiger partial charge in [0.05, 0.1) is 22.9 Å². The maximum Gasteiger partial charge on any atom is 0.117 e. The number of benzene rings is 2. The van der Waals surface area contributed by atoms with Gasteiger partial charge in [0.25, 0.3) is 0 Å². The molecule has 0 saturated carbocycles. The number of nitrogens with one attached hydrogen (secondary N) is 1. The molecule has 0 aliphatic heterocycles. The molecule has 0 saturated heterocycles. The molecule has 0 aliphatic carbocycles. The van der Waals surface area contributed by atoms with Gasteiger partial charge in [-0.3, -0.25) is 0 Å². The second-order valence-corrected chi connectivity index (χ2v) is 6.25. The fraction of sp³-hybridized carbons (Fsp3) is 0.188. The molecular weight excluding hydrogens is 304 g/mol. The number of aromatic amines is 1. The van der Waals surface area contributed by atoms with Crippen LogP contribution in [-0.2, 0) is 5.75 Å². The largest absolute Gasteiger partial charge is 0.388 e. The molecule has 0 spiro atoms. The molecule has 3 rings (SSSR count). The monoisotopic (exact) mass is 318 g/mol. The number of halogens is 1. The van der Waals surface area contributed by atoms with E-state index in [2.05, 4.69) is 9.97 Å². The molecule has 2 N–H and O–H groups in total. The summed E-state index contributed by atoms with van der Waals surface area (Å²) in [5.74, 6) is 2.31. The molecule has 1 aromatic heterocycles. The van der Waals surface area contributed by atoms with Gasteiger partial charge >= 0.3 is 0 Å². The van der Waals surface area contributed by atoms with Gasteiger partial charge in [-0.25, -0.2) is 4.98 Å². The Kier molecular flexibility index (Phi) is 4.48. The summed E-state index contributed by atoms with van der Waals surface area (Å²) in [6, 6.07) is 15.3. The smallest absolute Gasteiger partial charge is 0.117 e. The fourth-order valence-electron chi connectivity index (χ4n) is 2.12. The van der Waals surface area contributed by atoms with Gasteiger partial charge < -0.3 is 10.1 Å². The first-order valence-corrected chi connectivity index (χ1v) is 8.20. The number of H-pyrrole nitrogens is 1. The minimum atomic E-state index is -0.489. The van der Waals surface area contributed by atoms with Crippen molar-refractivity contribution >= 4 is 34.4 Å². The van der Waals surface area contributed by atoms with Crippen molar-refractivity contribution in [2.24, 2.45) is 0 Å². The third kappa shape index (κ3) is 3.59. The van der Waals surface area contributed by atoms with Crippen LogP contribution in [0.15, 0.2) is 48.5 Å². The third-order valence-corrected chi connectivity index (χ3v) is 4.49. The number of fused-ring (bicyclic) bond motifs is 1. The number of rotatable bonds is 5. The zero-order valence-electron chi connectivity index (χ0n) is 11.3. The first-order valence-electron chi connectivity index (χ1n) is 6.67. The van der Waals surface area contributed by atoms with Gasteiger partial charge in [0.2, 0.25) is 0 Å². The minimum Gasteiger partial charge on any atom is -0.388 e. The van der Waals surface area contributed by atoms with Crippen LogP contribution >= 0.6 is 23.4 Å². The average Bonchev–Trinajstić information content (AvgIpc) is 2.90. The number of aliphatic hydroxyl groups is 1. The van der Waals surface area contributed by atoms with E-state index < -0.39 is 6.10 Å². The van der Waals surface area contributed by atoms with Crippen molar-refractivity contribution in [3.05, 3.63) is 64.9 Å². The van der Waals surface area contributed by atoms with Crippen molar-refractivity contribution in [2.75, 3.05) is 5.75 Å². The number of aromatic nitrogens is 2. The average molecular weight is 319 g/mol. The molecule has 1 unspecified atom stereocenters. The molecule has 0 fully saturated rings. The van der Waals surface area contributed by atoms with Crippen LogP contribution in [0.5, 0.6) is 0 Å². The Bertz CT molecular complexity index is 693. The molecule has 0 amide bonds. The lowest BCUT2D eigenvalue weighted by Crippen LogP contribution is -2.00. The van der Waals surface area contributed by atoms with E-state index >= 15 is 0 Å². The van der Waals surface area contributed by atoms with E-state index in [1.807, 2.05) is 36.4 Å². The molecule has 0 bridgehead atoms. The van der Waals surface area contributed by atoms with E-state index in [4.69, 9.17) is 11.6 Å². The van der Waals surface area contributed by atoms with Crippen molar-refractivity contribution in [2.45, 2.75) is 11.9 Å². The highest BCUT2D eigenvalue weighted by Crippen LogP contribution is 2.22. The van der Waals surface area contributed by atoms with Crippen LogP contribution in [0.25, 0.3) is 11.0 Å². The summed E-state index contributed by atoms with van der Waals surface area (Å²) < 4.78 is 0. The molecule has 5 heteroatoms. The first kappa shape index (κ1) is 14.4. The topological polar surface area (TPSA) is 48.9 Å². The Labute approximate surface area is 132 Å². The molecule has 0 radical (unpaired) electrons. The summed E-state index contributed by atoms with van der Waals surface area (Å²) >= 11 is 7.49. The first-order chi connectivity index (χ1) is 10.2. The summed E-state index contributed by atoms with van der Waals surface area (Å²) in [4.78, 5) is 7.80. The zero-order valence-corrected chi connectivity index (χ0v) is 12.9. The van der Waals surface area contributed by atoms with Gasteiger partial charge in [-0.2, -0.15) is 11.8 Å². The van der Waals surface area contributed by atoms with Crippen LogP contribution in [0.4, 0.5) is 0 Å². The van der Waals surface area contributed by atoms with Crippen molar-refractivity contribution in [1.82, 2.24) is 9.97 Å². The van der Waals surface area contributed by atoms with Gasteiger partial charge in [-0.15, -0.1) is 0 Å². The van der Waals surface area contributed by atoms with Crippen molar-refractivity contribution in [3.63, 3.8) is 0 Å². The number of thioether (sulfide) groups is 1. The highest BCUT2D eigenvalue weighted by atomic mass is 35.5. The van der Waals surface area contributed by atoms with Crippen LogP contribution in [0.1, 0.15) is 17.5 Å². The van der Waals surface area contributed by atoms with Gasteiger partial charge in [-0.1, -0.05) is 35.9 Å². The number of nitrogens with zero attached hydrogens (tertiary/aromatic N) is 1. The van der Waals surface area contributed by atoms with Gasteiger partial charge in [0.1, 0.15) is 5.82 Å². The van der Waals surface area contributed by atoms with Crippen LogP contribution < -0.4 is 0 Å². The minimum absolute atomic E-state index is 0.489. The SMILES string of the molecule is OC(CSCc1nc2ccccc2[nH]1)c1ccc(Cl)cc1. The Morgan fingerprint density at radius 3 is 2.67 bits per heavy atom. The number of aliphatic hydroxyl groups excluding tert-OH is 1.